The smallest absolute Gasteiger partial charge is 0.193 e. The first kappa shape index (κ1) is 10.0. The number of hydrogen-bond acceptors (Lipinski definition) is 3. The average Bonchev–Trinajstić information content (AvgIpc) is 2.50. The fraction of sp³-hybridized carbons (Fsp3) is 0.600. The van der Waals surface area contributed by atoms with Crippen LogP contribution in [0.1, 0.15) is 25.6 Å². The Bertz CT molecular complexity index is 322. The molecular formula is C10H15ClN2O. The zero-order valence-electron chi connectivity index (χ0n) is 8.43. The van der Waals surface area contributed by atoms with Crippen LogP contribution in [0.3, 0.4) is 0 Å². The van der Waals surface area contributed by atoms with Gasteiger partial charge in [0.15, 0.2) is 5.22 Å². The lowest BCUT2D eigenvalue weighted by atomic mass is 9.99. The molecule has 14 heavy (non-hydrogen) atoms. The normalized spacial score (nSPS) is 26.4. The Labute approximate surface area is 88.8 Å². The van der Waals surface area contributed by atoms with Crippen LogP contribution < -0.4 is 10.6 Å². The molecule has 0 spiro atoms. The van der Waals surface area contributed by atoms with Crippen molar-refractivity contribution in [1.82, 2.24) is 10.6 Å². The fourth-order valence-corrected chi connectivity index (χ4v) is 1.94. The molecule has 4 heteroatoms. The molecule has 1 aliphatic heterocycles. The van der Waals surface area contributed by atoms with Gasteiger partial charge in [-0.25, -0.2) is 0 Å². The summed E-state index contributed by atoms with van der Waals surface area (Å²) in [6.45, 7) is 6.18. The molecule has 2 rings (SSSR count). The SMILES string of the molecule is CC1(C)CNCC(c2ccc(Cl)o2)N1. The average molecular weight is 215 g/mol. The molecule has 0 radical (unpaired) electrons. The summed E-state index contributed by atoms with van der Waals surface area (Å²) in [5, 5.41) is 7.32. The standard InChI is InChI=1S/C10H15ClN2O/c1-10(2)6-12-5-7(13-10)8-3-4-9(11)14-8/h3-4,7,12-13H,5-6H2,1-2H3. The van der Waals surface area contributed by atoms with E-state index in [1.807, 2.05) is 6.07 Å². The zero-order chi connectivity index (χ0) is 10.2. The van der Waals surface area contributed by atoms with Gasteiger partial charge in [0.1, 0.15) is 5.76 Å². The second-order valence-electron chi connectivity index (χ2n) is 4.35. The van der Waals surface area contributed by atoms with E-state index in [1.165, 1.54) is 0 Å². The maximum Gasteiger partial charge on any atom is 0.193 e. The summed E-state index contributed by atoms with van der Waals surface area (Å²) in [5.74, 6) is 0.898. The predicted octanol–water partition coefficient (Wildman–Crippen LogP) is 1.95. The van der Waals surface area contributed by atoms with E-state index in [0.29, 0.717) is 5.22 Å². The lowest BCUT2D eigenvalue weighted by Crippen LogP contribution is -2.56. The summed E-state index contributed by atoms with van der Waals surface area (Å²) in [5.41, 5.74) is 0.0994. The Kier molecular flexibility index (Phi) is 2.56. The third-order valence-corrected chi connectivity index (χ3v) is 2.62. The maximum atomic E-state index is 5.74. The number of piperazine rings is 1. The summed E-state index contributed by atoms with van der Waals surface area (Å²) >= 11 is 5.74. The van der Waals surface area contributed by atoms with Gasteiger partial charge >= 0.3 is 0 Å². The van der Waals surface area contributed by atoms with Gasteiger partial charge in [0.25, 0.3) is 0 Å². The van der Waals surface area contributed by atoms with Crippen molar-refractivity contribution in [3.63, 3.8) is 0 Å². The molecule has 0 amide bonds. The van der Waals surface area contributed by atoms with Crippen molar-refractivity contribution in [3.8, 4) is 0 Å². The van der Waals surface area contributed by atoms with Crippen LogP contribution in [-0.4, -0.2) is 18.6 Å². The maximum absolute atomic E-state index is 5.74. The van der Waals surface area contributed by atoms with E-state index >= 15 is 0 Å². The number of nitrogens with one attached hydrogen (secondary N) is 2. The molecule has 1 aromatic rings. The van der Waals surface area contributed by atoms with Gasteiger partial charge < -0.3 is 9.73 Å². The van der Waals surface area contributed by atoms with Crippen LogP contribution in [0.5, 0.6) is 0 Å². The minimum Gasteiger partial charge on any atom is -0.448 e. The second-order valence-corrected chi connectivity index (χ2v) is 4.73. The monoisotopic (exact) mass is 214 g/mol. The largest absolute Gasteiger partial charge is 0.448 e. The molecule has 1 atom stereocenters. The number of furan rings is 1. The van der Waals surface area contributed by atoms with E-state index in [4.69, 9.17) is 16.0 Å². The highest BCUT2D eigenvalue weighted by Crippen LogP contribution is 2.23. The minimum atomic E-state index is 0.0994. The van der Waals surface area contributed by atoms with Crippen molar-refractivity contribution in [2.24, 2.45) is 0 Å². The molecule has 1 unspecified atom stereocenters. The van der Waals surface area contributed by atoms with Crippen LogP contribution in [0, 0.1) is 0 Å². The topological polar surface area (TPSA) is 37.2 Å². The molecule has 1 fully saturated rings. The van der Waals surface area contributed by atoms with E-state index in [2.05, 4.69) is 24.5 Å². The molecular weight excluding hydrogens is 200 g/mol. The van der Waals surface area contributed by atoms with E-state index in [9.17, 15) is 0 Å². The van der Waals surface area contributed by atoms with Gasteiger partial charge in [-0.3, -0.25) is 5.32 Å². The highest BCUT2D eigenvalue weighted by molar-refractivity contribution is 6.28. The lowest BCUT2D eigenvalue weighted by molar-refractivity contribution is 0.242. The number of hydrogen-bond donors (Lipinski definition) is 2. The van der Waals surface area contributed by atoms with Gasteiger partial charge in [0, 0.05) is 18.6 Å². The third kappa shape index (κ3) is 2.11. The Morgan fingerprint density at radius 3 is 2.86 bits per heavy atom. The van der Waals surface area contributed by atoms with Crippen LogP contribution in [0.25, 0.3) is 0 Å². The van der Waals surface area contributed by atoms with Gasteiger partial charge in [-0.05, 0) is 37.6 Å². The lowest BCUT2D eigenvalue weighted by Gasteiger charge is -2.36. The van der Waals surface area contributed by atoms with Gasteiger partial charge in [-0.1, -0.05) is 0 Å². The Hall–Kier alpha value is -0.510. The van der Waals surface area contributed by atoms with Crippen molar-refractivity contribution in [2.45, 2.75) is 25.4 Å². The fourth-order valence-electron chi connectivity index (χ4n) is 1.79. The molecule has 1 saturated heterocycles. The minimum absolute atomic E-state index is 0.0994. The summed E-state index contributed by atoms with van der Waals surface area (Å²) in [4.78, 5) is 0. The molecule has 0 aromatic carbocycles. The van der Waals surface area contributed by atoms with Gasteiger partial charge in [0.05, 0.1) is 6.04 Å². The first-order chi connectivity index (χ1) is 6.57. The van der Waals surface area contributed by atoms with Crippen LogP contribution in [0.4, 0.5) is 0 Å². The van der Waals surface area contributed by atoms with Crippen molar-refractivity contribution in [1.29, 1.82) is 0 Å². The molecule has 2 N–H and O–H groups in total. The van der Waals surface area contributed by atoms with Gasteiger partial charge in [0.2, 0.25) is 0 Å². The molecule has 0 aliphatic carbocycles. The van der Waals surface area contributed by atoms with Gasteiger partial charge in [-0.2, -0.15) is 0 Å². The van der Waals surface area contributed by atoms with Crippen molar-refractivity contribution in [3.05, 3.63) is 23.1 Å². The first-order valence-electron chi connectivity index (χ1n) is 4.80. The molecule has 0 saturated carbocycles. The summed E-state index contributed by atoms with van der Waals surface area (Å²) < 4.78 is 5.38. The van der Waals surface area contributed by atoms with E-state index in [0.717, 1.165) is 18.8 Å². The predicted molar refractivity (Wildman–Crippen MR) is 56.5 cm³/mol. The first-order valence-corrected chi connectivity index (χ1v) is 5.18. The molecule has 1 aliphatic rings. The Morgan fingerprint density at radius 2 is 2.29 bits per heavy atom. The highest BCUT2D eigenvalue weighted by atomic mass is 35.5. The van der Waals surface area contributed by atoms with E-state index in [1.54, 1.807) is 6.07 Å². The highest BCUT2D eigenvalue weighted by Gasteiger charge is 2.28. The van der Waals surface area contributed by atoms with Crippen LogP contribution in [-0.2, 0) is 0 Å². The second kappa shape index (κ2) is 3.57. The van der Waals surface area contributed by atoms with E-state index < -0.39 is 0 Å². The summed E-state index contributed by atoms with van der Waals surface area (Å²) in [7, 11) is 0. The quantitative estimate of drug-likeness (QED) is 0.751. The number of rotatable bonds is 1. The van der Waals surface area contributed by atoms with Crippen LogP contribution in [0.2, 0.25) is 5.22 Å². The van der Waals surface area contributed by atoms with Crippen molar-refractivity contribution in [2.75, 3.05) is 13.1 Å². The molecule has 2 heterocycles. The molecule has 78 valence electrons. The zero-order valence-corrected chi connectivity index (χ0v) is 9.19. The van der Waals surface area contributed by atoms with Crippen molar-refractivity contribution >= 4 is 11.6 Å². The Morgan fingerprint density at radius 1 is 1.50 bits per heavy atom. The van der Waals surface area contributed by atoms with Crippen molar-refractivity contribution < 1.29 is 4.42 Å². The third-order valence-electron chi connectivity index (χ3n) is 2.42. The van der Waals surface area contributed by atoms with Gasteiger partial charge in [-0.15, -0.1) is 0 Å². The molecule has 0 bridgehead atoms. The molecule has 3 nitrogen and oxygen atoms in total. The summed E-state index contributed by atoms with van der Waals surface area (Å²) in [6, 6.07) is 3.91. The molecule has 1 aromatic heterocycles. The van der Waals surface area contributed by atoms with Crippen LogP contribution in [0.15, 0.2) is 16.5 Å². The van der Waals surface area contributed by atoms with Crippen LogP contribution >= 0.6 is 11.6 Å². The number of halogens is 1. The van der Waals surface area contributed by atoms with E-state index in [-0.39, 0.29) is 11.6 Å². The Balaban J connectivity index is 2.12. The summed E-state index contributed by atoms with van der Waals surface area (Å²) in [6.07, 6.45) is 0.